The average molecular weight is 418 g/mol. The molecule has 1 atom stereocenters. The van der Waals surface area contributed by atoms with Crippen LogP contribution in [0.1, 0.15) is 38.1 Å². The number of carbonyl (C=O) groups excluding carboxylic acids is 1. The second-order valence-electron chi connectivity index (χ2n) is 7.84. The van der Waals surface area contributed by atoms with Crippen molar-refractivity contribution in [2.75, 3.05) is 11.9 Å². The van der Waals surface area contributed by atoms with Crippen molar-refractivity contribution in [2.24, 2.45) is 0 Å². The first-order valence-electron chi connectivity index (χ1n) is 9.47. The Bertz CT molecular complexity index is 1060. The third-order valence-corrected chi connectivity index (χ3v) is 4.38. The molecule has 0 aliphatic rings. The Hall–Kier alpha value is -3.14. The molecule has 0 unspecified atom stereocenters. The highest BCUT2D eigenvalue weighted by atomic mass is 19.1. The number of amides is 1. The predicted octanol–water partition coefficient (Wildman–Crippen LogP) is 2.61. The number of alkyl halides is 1. The van der Waals surface area contributed by atoms with Crippen molar-refractivity contribution < 1.29 is 18.7 Å². The molecule has 0 spiro atoms. The molecule has 0 aromatic carbocycles. The zero-order chi connectivity index (χ0) is 22.1. The fourth-order valence-corrected chi connectivity index (χ4v) is 2.76. The number of hydrogen-bond donors (Lipinski definition) is 3. The van der Waals surface area contributed by atoms with Crippen LogP contribution in [0.25, 0.3) is 16.9 Å². The van der Waals surface area contributed by atoms with Crippen LogP contribution in [0.4, 0.5) is 14.5 Å². The molecule has 1 amide bonds. The smallest absolute Gasteiger partial charge is 0.255 e. The molecule has 3 rings (SSSR count). The van der Waals surface area contributed by atoms with Crippen LogP contribution in [0.3, 0.4) is 0 Å². The van der Waals surface area contributed by atoms with Crippen molar-refractivity contribution in [3.8, 4) is 5.82 Å². The first-order valence-corrected chi connectivity index (χ1v) is 9.47. The lowest BCUT2D eigenvalue weighted by Crippen LogP contribution is -2.42. The van der Waals surface area contributed by atoms with Crippen molar-refractivity contribution in [1.29, 1.82) is 0 Å². The maximum atomic E-state index is 14.0. The Morgan fingerprint density at radius 2 is 1.97 bits per heavy atom. The maximum absolute atomic E-state index is 14.0. The molecule has 3 aromatic heterocycles. The third-order valence-electron chi connectivity index (χ3n) is 4.38. The predicted molar refractivity (Wildman–Crippen MR) is 109 cm³/mol. The van der Waals surface area contributed by atoms with E-state index in [4.69, 9.17) is 0 Å². The minimum Gasteiger partial charge on any atom is -0.387 e. The highest BCUT2D eigenvalue weighted by molar-refractivity contribution is 5.99. The second kappa shape index (κ2) is 8.31. The van der Waals surface area contributed by atoms with Gasteiger partial charge in [-0.15, -0.1) is 0 Å². The van der Waals surface area contributed by atoms with E-state index in [1.54, 1.807) is 6.07 Å². The van der Waals surface area contributed by atoms with Gasteiger partial charge in [0.15, 0.2) is 11.5 Å². The quantitative estimate of drug-likeness (QED) is 0.545. The van der Waals surface area contributed by atoms with Gasteiger partial charge in [0.25, 0.3) is 5.91 Å². The van der Waals surface area contributed by atoms with Gasteiger partial charge in [-0.3, -0.25) is 4.79 Å². The zero-order valence-electron chi connectivity index (χ0n) is 17.1. The largest absolute Gasteiger partial charge is 0.387 e. The molecule has 10 heteroatoms. The average Bonchev–Trinajstić information content (AvgIpc) is 3.07. The van der Waals surface area contributed by atoms with E-state index in [2.05, 4.69) is 25.7 Å². The summed E-state index contributed by atoms with van der Waals surface area (Å²) in [4.78, 5) is 20.9. The van der Waals surface area contributed by atoms with Gasteiger partial charge in [0.2, 0.25) is 0 Å². The van der Waals surface area contributed by atoms with E-state index in [-0.39, 0.29) is 18.2 Å². The lowest BCUT2D eigenvalue weighted by molar-refractivity contribution is -0.00177. The second-order valence-corrected chi connectivity index (χ2v) is 7.84. The topological polar surface area (TPSA) is 105 Å². The molecule has 0 radical (unpaired) electrons. The SMILES string of the molecule is CC(C)Nc1cc(-n2ncc3cc(F)cnc32)ncc1C(=O)NC[C@@H](F)C(C)(C)O. The highest BCUT2D eigenvalue weighted by Crippen LogP contribution is 2.22. The zero-order valence-corrected chi connectivity index (χ0v) is 17.1. The van der Waals surface area contributed by atoms with Gasteiger partial charge in [-0.2, -0.15) is 9.78 Å². The van der Waals surface area contributed by atoms with Crippen molar-refractivity contribution in [1.82, 2.24) is 25.1 Å². The Balaban J connectivity index is 1.92. The minimum atomic E-state index is -1.63. The molecule has 3 heterocycles. The fourth-order valence-electron chi connectivity index (χ4n) is 2.76. The molecular formula is C20H24F2N6O2. The molecule has 0 bridgehead atoms. The van der Waals surface area contributed by atoms with Crippen molar-refractivity contribution in [2.45, 2.75) is 45.5 Å². The van der Waals surface area contributed by atoms with Gasteiger partial charge in [-0.05, 0) is 33.8 Å². The molecule has 0 saturated heterocycles. The summed E-state index contributed by atoms with van der Waals surface area (Å²) >= 11 is 0. The summed E-state index contributed by atoms with van der Waals surface area (Å²) in [6.45, 7) is 6.13. The van der Waals surface area contributed by atoms with E-state index >= 15 is 0 Å². The van der Waals surface area contributed by atoms with E-state index in [1.807, 2.05) is 13.8 Å². The van der Waals surface area contributed by atoms with Gasteiger partial charge in [-0.1, -0.05) is 0 Å². The van der Waals surface area contributed by atoms with Gasteiger partial charge in [0.1, 0.15) is 12.0 Å². The molecule has 0 fully saturated rings. The number of hydrogen-bond acceptors (Lipinski definition) is 6. The lowest BCUT2D eigenvalue weighted by atomic mass is 10.0. The van der Waals surface area contributed by atoms with E-state index in [1.165, 1.54) is 37.0 Å². The molecule has 0 saturated carbocycles. The summed E-state index contributed by atoms with van der Waals surface area (Å²) in [6.07, 6.45) is 2.29. The number of aromatic nitrogens is 4. The molecule has 30 heavy (non-hydrogen) atoms. The Morgan fingerprint density at radius 1 is 1.23 bits per heavy atom. The van der Waals surface area contributed by atoms with Crippen LogP contribution in [-0.4, -0.2) is 55.1 Å². The summed E-state index contributed by atoms with van der Waals surface area (Å²) in [5.41, 5.74) is -0.466. The summed E-state index contributed by atoms with van der Waals surface area (Å²) in [7, 11) is 0. The number of rotatable bonds is 7. The summed E-state index contributed by atoms with van der Waals surface area (Å²) in [5.74, 6) is -0.625. The van der Waals surface area contributed by atoms with Crippen molar-refractivity contribution in [3.05, 3.63) is 42.1 Å². The van der Waals surface area contributed by atoms with Crippen LogP contribution in [0, 0.1) is 5.82 Å². The van der Waals surface area contributed by atoms with Crippen molar-refractivity contribution >= 4 is 22.6 Å². The molecule has 160 valence electrons. The van der Waals surface area contributed by atoms with Gasteiger partial charge in [0.05, 0.1) is 35.8 Å². The molecule has 3 N–H and O–H groups in total. The molecule has 0 aliphatic heterocycles. The van der Waals surface area contributed by atoms with Gasteiger partial charge >= 0.3 is 0 Å². The molecule has 0 aliphatic carbocycles. The summed E-state index contributed by atoms with van der Waals surface area (Å²) in [6, 6.07) is 2.94. The van der Waals surface area contributed by atoms with Crippen LogP contribution in [0.2, 0.25) is 0 Å². The van der Waals surface area contributed by atoms with Crippen LogP contribution < -0.4 is 10.6 Å². The van der Waals surface area contributed by atoms with Crippen LogP contribution in [-0.2, 0) is 0 Å². The monoisotopic (exact) mass is 418 g/mol. The first-order chi connectivity index (χ1) is 14.1. The fraction of sp³-hybridized carbons (Fsp3) is 0.400. The van der Waals surface area contributed by atoms with E-state index < -0.39 is 23.5 Å². The number of nitrogens with zero attached hydrogens (tertiary/aromatic N) is 4. The molecular weight excluding hydrogens is 394 g/mol. The lowest BCUT2D eigenvalue weighted by Gasteiger charge is -2.23. The molecule has 3 aromatic rings. The maximum Gasteiger partial charge on any atom is 0.255 e. The first kappa shape index (κ1) is 21.6. The summed E-state index contributed by atoms with van der Waals surface area (Å²) < 4.78 is 28.8. The van der Waals surface area contributed by atoms with Crippen LogP contribution in [0.5, 0.6) is 0 Å². The highest BCUT2D eigenvalue weighted by Gasteiger charge is 2.27. The molecule has 8 nitrogen and oxygen atoms in total. The van der Waals surface area contributed by atoms with E-state index in [9.17, 15) is 18.7 Å². The summed E-state index contributed by atoms with van der Waals surface area (Å²) in [5, 5.41) is 20.1. The number of fused-ring (bicyclic) bond motifs is 1. The third kappa shape index (κ3) is 4.70. The standard InChI is InChI=1S/C20H24F2N6O2/c1-11(2)27-15-6-17(28-18-12(7-26-28)5-13(21)8-24-18)23-9-14(15)19(29)25-10-16(22)20(3,4)30/h5-9,11,16,30H,10H2,1-4H3,(H,23,27)(H,25,29)/t16-/m1/s1. The van der Waals surface area contributed by atoms with Crippen LogP contribution >= 0.6 is 0 Å². The van der Waals surface area contributed by atoms with Gasteiger partial charge < -0.3 is 15.7 Å². The van der Waals surface area contributed by atoms with E-state index in [0.29, 0.717) is 22.5 Å². The normalized spacial score (nSPS) is 12.9. The van der Waals surface area contributed by atoms with Crippen LogP contribution in [0.15, 0.2) is 30.7 Å². The Morgan fingerprint density at radius 3 is 2.63 bits per heavy atom. The van der Waals surface area contributed by atoms with Gasteiger partial charge in [-0.25, -0.2) is 18.7 Å². The Labute approximate surface area is 172 Å². The number of pyridine rings is 2. The van der Waals surface area contributed by atoms with Crippen molar-refractivity contribution in [3.63, 3.8) is 0 Å². The van der Waals surface area contributed by atoms with Gasteiger partial charge in [0, 0.05) is 23.7 Å². The number of aliphatic hydroxyl groups is 1. The minimum absolute atomic E-state index is 0.00122. The number of carbonyl (C=O) groups is 1. The number of anilines is 1. The van der Waals surface area contributed by atoms with E-state index in [0.717, 1.165) is 6.20 Å². The number of halogens is 2. The number of nitrogens with one attached hydrogen (secondary N) is 2. The Kier molecular flexibility index (Phi) is 5.97.